The monoisotopic (exact) mass is 364 g/mol. The van der Waals surface area contributed by atoms with Gasteiger partial charge in [0, 0.05) is 12.1 Å². The van der Waals surface area contributed by atoms with Crippen LogP contribution >= 0.6 is 0 Å². The minimum Gasteiger partial charge on any atom is -0.439 e. The Morgan fingerprint density at radius 2 is 1.77 bits per heavy atom. The molecule has 3 aromatic rings. The molecule has 0 saturated heterocycles. The third kappa shape index (κ3) is 4.49. The van der Waals surface area contributed by atoms with E-state index in [2.05, 4.69) is 4.98 Å². The molecule has 0 fully saturated rings. The lowest BCUT2D eigenvalue weighted by Gasteiger charge is -2.16. The maximum Gasteiger partial charge on any atom is 0.416 e. The zero-order valence-electron chi connectivity index (χ0n) is 13.9. The number of alkyl halides is 3. The molecule has 1 heterocycles. The first kappa shape index (κ1) is 18.1. The van der Waals surface area contributed by atoms with Crippen LogP contribution in [0.5, 0.6) is 0 Å². The molecule has 0 saturated carbocycles. The molecule has 0 amide bonds. The summed E-state index contributed by atoms with van der Waals surface area (Å²) in [6, 6.07) is 11.1. The molecule has 0 aliphatic heterocycles. The Morgan fingerprint density at radius 1 is 1.04 bits per heavy atom. The van der Waals surface area contributed by atoms with Gasteiger partial charge in [-0.15, -0.1) is 0 Å². The summed E-state index contributed by atoms with van der Waals surface area (Å²) in [7, 11) is 1.77. The van der Waals surface area contributed by atoms with Crippen molar-refractivity contribution >= 4 is 0 Å². The number of nitrogens with zero attached hydrogens (tertiary/aromatic N) is 2. The first-order chi connectivity index (χ1) is 12.3. The highest BCUT2D eigenvalue weighted by molar-refractivity contribution is 5.55. The van der Waals surface area contributed by atoms with Crippen molar-refractivity contribution < 1.29 is 22.0 Å². The third-order valence-electron chi connectivity index (χ3n) is 3.79. The number of rotatable bonds is 5. The average molecular weight is 364 g/mol. The van der Waals surface area contributed by atoms with E-state index in [0.29, 0.717) is 35.9 Å². The molecule has 0 atom stereocenters. The van der Waals surface area contributed by atoms with E-state index in [9.17, 15) is 17.6 Å². The number of aromatic nitrogens is 1. The Balaban J connectivity index is 1.65. The van der Waals surface area contributed by atoms with Crippen LogP contribution in [-0.2, 0) is 19.3 Å². The van der Waals surface area contributed by atoms with Gasteiger partial charge >= 0.3 is 6.18 Å². The Bertz CT molecular complexity index is 872. The normalized spacial score (nSPS) is 11.9. The third-order valence-corrected chi connectivity index (χ3v) is 3.79. The van der Waals surface area contributed by atoms with E-state index in [0.717, 1.165) is 12.1 Å². The Morgan fingerprint density at radius 3 is 2.46 bits per heavy atom. The van der Waals surface area contributed by atoms with Crippen molar-refractivity contribution in [2.24, 2.45) is 0 Å². The summed E-state index contributed by atoms with van der Waals surface area (Å²) in [5.41, 5.74) is 0.580. The van der Waals surface area contributed by atoms with Gasteiger partial charge in [0.15, 0.2) is 5.76 Å². The molecule has 2 aromatic carbocycles. The summed E-state index contributed by atoms with van der Waals surface area (Å²) < 4.78 is 56.9. The standard InChI is InChI=1S/C19H16F4N2O/c1-25(11-13-3-2-4-15(9-13)19(21,22)23)12-18-24-10-17(26-18)14-5-7-16(20)8-6-14/h2-10H,11-12H2,1H3. The van der Waals surface area contributed by atoms with E-state index in [4.69, 9.17) is 4.42 Å². The number of oxazole rings is 1. The molecule has 0 unspecified atom stereocenters. The van der Waals surface area contributed by atoms with Gasteiger partial charge in [0.25, 0.3) is 0 Å². The first-order valence-corrected chi connectivity index (χ1v) is 7.86. The molecule has 0 aliphatic carbocycles. The molecule has 0 aliphatic rings. The maximum atomic E-state index is 13.0. The van der Waals surface area contributed by atoms with Gasteiger partial charge in [-0.1, -0.05) is 18.2 Å². The summed E-state index contributed by atoms with van der Waals surface area (Å²) in [4.78, 5) is 5.97. The van der Waals surface area contributed by atoms with E-state index in [1.54, 1.807) is 36.3 Å². The molecule has 26 heavy (non-hydrogen) atoms. The second-order valence-electron chi connectivity index (χ2n) is 6.00. The lowest BCUT2D eigenvalue weighted by atomic mass is 10.1. The fourth-order valence-corrected chi connectivity index (χ4v) is 2.58. The van der Waals surface area contributed by atoms with Crippen LogP contribution in [0.2, 0.25) is 0 Å². The van der Waals surface area contributed by atoms with Gasteiger partial charge in [0.2, 0.25) is 5.89 Å². The largest absolute Gasteiger partial charge is 0.439 e. The van der Waals surface area contributed by atoms with Gasteiger partial charge in [0.05, 0.1) is 18.3 Å². The minimum atomic E-state index is -4.36. The number of benzene rings is 2. The van der Waals surface area contributed by atoms with Crippen LogP contribution in [0.4, 0.5) is 17.6 Å². The summed E-state index contributed by atoms with van der Waals surface area (Å²) in [5.74, 6) is 0.598. The van der Waals surface area contributed by atoms with Gasteiger partial charge in [-0.3, -0.25) is 4.90 Å². The molecule has 0 radical (unpaired) electrons. The molecule has 0 N–H and O–H groups in total. The van der Waals surface area contributed by atoms with E-state index in [-0.39, 0.29) is 5.82 Å². The van der Waals surface area contributed by atoms with Crippen molar-refractivity contribution in [3.63, 3.8) is 0 Å². The Hall–Kier alpha value is -2.67. The molecule has 3 rings (SSSR count). The number of halogens is 4. The van der Waals surface area contributed by atoms with Crippen molar-refractivity contribution in [1.29, 1.82) is 0 Å². The summed E-state index contributed by atoms with van der Waals surface area (Å²) >= 11 is 0. The summed E-state index contributed by atoms with van der Waals surface area (Å²) in [5, 5.41) is 0. The molecular weight excluding hydrogens is 348 g/mol. The lowest BCUT2D eigenvalue weighted by Crippen LogP contribution is -2.18. The molecule has 1 aromatic heterocycles. The fraction of sp³-hybridized carbons (Fsp3) is 0.211. The second kappa shape index (κ2) is 7.29. The van der Waals surface area contributed by atoms with Crippen LogP contribution in [0.15, 0.2) is 59.1 Å². The van der Waals surface area contributed by atoms with Crippen molar-refractivity contribution in [1.82, 2.24) is 9.88 Å². The zero-order chi connectivity index (χ0) is 18.7. The lowest BCUT2D eigenvalue weighted by molar-refractivity contribution is -0.137. The number of hydrogen-bond donors (Lipinski definition) is 0. The highest BCUT2D eigenvalue weighted by Crippen LogP contribution is 2.29. The Labute approximate surface area is 147 Å². The van der Waals surface area contributed by atoms with Crippen molar-refractivity contribution in [2.75, 3.05) is 7.05 Å². The van der Waals surface area contributed by atoms with Gasteiger partial charge in [-0.05, 0) is 42.9 Å². The molecule has 7 heteroatoms. The number of hydrogen-bond acceptors (Lipinski definition) is 3. The van der Waals surface area contributed by atoms with E-state index < -0.39 is 11.7 Å². The molecule has 3 nitrogen and oxygen atoms in total. The summed E-state index contributed by atoms with van der Waals surface area (Å²) in [6.45, 7) is 0.648. The predicted octanol–water partition coefficient (Wildman–Crippen LogP) is 5.13. The van der Waals surface area contributed by atoms with Crippen LogP contribution in [0.1, 0.15) is 17.0 Å². The van der Waals surface area contributed by atoms with Crippen LogP contribution in [0.25, 0.3) is 11.3 Å². The smallest absolute Gasteiger partial charge is 0.416 e. The average Bonchev–Trinajstić information content (AvgIpc) is 3.03. The van der Waals surface area contributed by atoms with Gasteiger partial charge < -0.3 is 4.42 Å². The van der Waals surface area contributed by atoms with E-state index in [1.807, 2.05) is 0 Å². The minimum absolute atomic E-state index is 0.318. The second-order valence-corrected chi connectivity index (χ2v) is 6.00. The van der Waals surface area contributed by atoms with Crippen LogP contribution in [-0.4, -0.2) is 16.9 Å². The first-order valence-electron chi connectivity index (χ1n) is 7.86. The zero-order valence-corrected chi connectivity index (χ0v) is 13.9. The quantitative estimate of drug-likeness (QED) is 0.588. The van der Waals surface area contributed by atoms with Crippen LogP contribution < -0.4 is 0 Å². The topological polar surface area (TPSA) is 29.3 Å². The van der Waals surface area contributed by atoms with Crippen molar-refractivity contribution in [2.45, 2.75) is 19.3 Å². The van der Waals surface area contributed by atoms with E-state index >= 15 is 0 Å². The van der Waals surface area contributed by atoms with Crippen LogP contribution in [0, 0.1) is 5.82 Å². The van der Waals surface area contributed by atoms with Gasteiger partial charge in [-0.25, -0.2) is 9.37 Å². The highest BCUT2D eigenvalue weighted by Gasteiger charge is 2.30. The molecule has 0 bridgehead atoms. The van der Waals surface area contributed by atoms with Crippen molar-refractivity contribution in [3.8, 4) is 11.3 Å². The van der Waals surface area contributed by atoms with Crippen LogP contribution in [0.3, 0.4) is 0 Å². The maximum absolute atomic E-state index is 13.0. The molecular formula is C19H16F4N2O. The fourth-order valence-electron chi connectivity index (χ4n) is 2.58. The Kier molecular flexibility index (Phi) is 5.08. The van der Waals surface area contributed by atoms with Gasteiger partial charge in [0.1, 0.15) is 5.82 Å². The SMILES string of the molecule is CN(Cc1cccc(C(F)(F)F)c1)Cc1ncc(-c2ccc(F)cc2)o1. The summed E-state index contributed by atoms with van der Waals surface area (Å²) in [6.07, 6.45) is -2.82. The van der Waals surface area contributed by atoms with Crippen molar-refractivity contribution in [3.05, 3.63) is 77.6 Å². The highest BCUT2D eigenvalue weighted by atomic mass is 19.4. The molecule has 0 spiro atoms. The van der Waals surface area contributed by atoms with E-state index in [1.165, 1.54) is 18.2 Å². The molecule has 136 valence electrons. The van der Waals surface area contributed by atoms with Gasteiger partial charge in [-0.2, -0.15) is 13.2 Å². The predicted molar refractivity (Wildman–Crippen MR) is 88.5 cm³/mol.